The van der Waals surface area contributed by atoms with Crippen molar-refractivity contribution in [1.82, 2.24) is 10.0 Å². The first-order valence-electron chi connectivity index (χ1n) is 9.33. The van der Waals surface area contributed by atoms with Gasteiger partial charge in [0.05, 0.1) is 4.90 Å². The molecular formula is C20H24N2O5S. The molecule has 1 aliphatic rings. The minimum atomic E-state index is -3.87. The molecule has 0 aliphatic heterocycles. The fourth-order valence-electron chi connectivity index (χ4n) is 3.25. The first-order chi connectivity index (χ1) is 13.3. The summed E-state index contributed by atoms with van der Waals surface area (Å²) in [7, 11) is -3.87. The zero-order valence-corrected chi connectivity index (χ0v) is 16.5. The summed E-state index contributed by atoms with van der Waals surface area (Å²) in [5.41, 5.74) is 0. The molecule has 2 aromatic rings. The Bertz CT molecular complexity index is 967. The fraction of sp³-hybridized carbons (Fsp3) is 0.400. The molecule has 28 heavy (non-hydrogen) atoms. The number of carbonyl (C=O) groups is 2. The van der Waals surface area contributed by atoms with Crippen LogP contribution in [0.25, 0.3) is 10.8 Å². The molecule has 0 spiro atoms. The summed E-state index contributed by atoms with van der Waals surface area (Å²) >= 11 is 0. The monoisotopic (exact) mass is 404 g/mol. The van der Waals surface area contributed by atoms with Gasteiger partial charge in [0.2, 0.25) is 10.0 Å². The van der Waals surface area contributed by atoms with Gasteiger partial charge in [0, 0.05) is 6.04 Å². The predicted octanol–water partition coefficient (Wildman–Crippen LogP) is 2.11. The fourth-order valence-corrected chi connectivity index (χ4v) is 4.26. The lowest BCUT2D eigenvalue weighted by Gasteiger charge is -2.17. The van der Waals surface area contributed by atoms with Crippen LogP contribution in [-0.2, 0) is 24.3 Å². The Balaban J connectivity index is 1.54. The lowest BCUT2D eigenvalue weighted by molar-refractivity contribution is -0.153. The summed E-state index contributed by atoms with van der Waals surface area (Å²) in [6.45, 7) is 0.927. The molecule has 1 aliphatic carbocycles. The zero-order valence-electron chi connectivity index (χ0n) is 15.7. The Hall–Kier alpha value is -2.45. The molecule has 0 unspecified atom stereocenters. The highest BCUT2D eigenvalue weighted by atomic mass is 32.2. The van der Waals surface area contributed by atoms with Gasteiger partial charge in [-0.1, -0.05) is 43.2 Å². The van der Waals surface area contributed by atoms with Crippen LogP contribution in [0.3, 0.4) is 0 Å². The number of sulfonamides is 1. The van der Waals surface area contributed by atoms with E-state index in [2.05, 4.69) is 10.0 Å². The van der Waals surface area contributed by atoms with E-state index >= 15 is 0 Å². The van der Waals surface area contributed by atoms with Crippen molar-refractivity contribution in [2.45, 2.75) is 49.6 Å². The van der Waals surface area contributed by atoms with E-state index in [1.165, 1.54) is 13.0 Å². The van der Waals surface area contributed by atoms with E-state index in [1.807, 2.05) is 24.3 Å². The minimum Gasteiger partial charge on any atom is -0.452 e. The Kier molecular flexibility index (Phi) is 6.31. The molecule has 1 atom stereocenters. The van der Waals surface area contributed by atoms with Gasteiger partial charge in [0.25, 0.3) is 5.91 Å². The van der Waals surface area contributed by atoms with E-state index in [-0.39, 0.29) is 16.8 Å². The van der Waals surface area contributed by atoms with Gasteiger partial charge >= 0.3 is 5.97 Å². The lowest BCUT2D eigenvalue weighted by Crippen LogP contribution is -2.42. The number of fused-ring (bicyclic) bond motifs is 1. The molecule has 0 heterocycles. The minimum absolute atomic E-state index is 0.0611. The molecule has 2 aromatic carbocycles. The zero-order chi connectivity index (χ0) is 20.1. The Morgan fingerprint density at radius 3 is 2.50 bits per heavy atom. The van der Waals surface area contributed by atoms with Gasteiger partial charge in [-0.2, -0.15) is 4.72 Å². The van der Waals surface area contributed by atoms with Crippen LogP contribution in [0.1, 0.15) is 32.6 Å². The smallest absolute Gasteiger partial charge is 0.321 e. The summed E-state index contributed by atoms with van der Waals surface area (Å²) in [6, 6.07) is 12.2. The number of ether oxygens (including phenoxy) is 1. The number of hydrogen-bond acceptors (Lipinski definition) is 5. The van der Waals surface area contributed by atoms with Crippen LogP contribution in [0, 0.1) is 0 Å². The second-order valence-electron chi connectivity index (χ2n) is 6.96. The lowest BCUT2D eigenvalue weighted by atomic mass is 10.1. The molecule has 3 rings (SSSR count). The van der Waals surface area contributed by atoms with Crippen molar-refractivity contribution in [3.63, 3.8) is 0 Å². The topological polar surface area (TPSA) is 102 Å². The molecule has 1 fully saturated rings. The summed E-state index contributed by atoms with van der Waals surface area (Å²) in [5, 5.41) is 4.55. The highest BCUT2D eigenvalue weighted by Gasteiger charge is 2.24. The Morgan fingerprint density at radius 2 is 1.79 bits per heavy atom. The Morgan fingerprint density at radius 1 is 1.11 bits per heavy atom. The van der Waals surface area contributed by atoms with Gasteiger partial charge in [0.15, 0.2) is 6.10 Å². The second-order valence-corrected chi connectivity index (χ2v) is 8.72. The number of rotatable bonds is 7. The van der Waals surface area contributed by atoms with Crippen LogP contribution < -0.4 is 10.0 Å². The van der Waals surface area contributed by atoms with Gasteiger partial charge in [0.1, 0.15) is 6.54 Å². The normalized spacial score (nSPS) is 16.0. The van der Waals surface area contributed by atoms with Crippen LogP contribution in [0.15, 0.2) is 47.4 Å². The van der Waals surface area contributed by atoms with Crippen molar-refractivity contribution in [3.05, 3.63) is 42.5 Å². The molecular weight excluding hydrogens is 380 g/mol. The number of nitrogens with one attached hydrogen (secondary N) is 2. The first-order valence-corrected chi connectivity index (χ1v) is 10.8. The van der Waals surface area contributed by atoms with Crippen LogP contribution >= 0.6 is 0 Å². The molecule has 1 saturated carbocycles. The SMILES string of the molecule is C[C@H](OC(=O)CNS(=O)(=O)c1ccc2ccccc2c1)C(=O)NC1CCCC1. The third kappa shape index (κ3) is 5.08. The van der Waals surface area contributed by atoms with Crippen molar-refractivity contribution in [2.75, 3.05) is 6.54 Å². The summed E-state index contributed by atoms with van der Waals surface area (Å²) in [4.78, 5) is 24.1. The largest absolute Gasteiger partial charge is 0.452 e. The molecule has 150 valence electrons. The van der Waals surface area contributed by atoms with Crippen LogP contribution in [-0.4, -0.2) is 39.0 Å². The quantitative estimate of drug-likeness (QED) is 0.688. The third-order valence-electron chi connectivity index (χ3n) is 4.82. The molecule has 8 heteroatoms. The molecule has 0 bridgehead atoms. The maximum Gasteiger partial charge on any atom is 0.321 e. The van der Waals surface area contributed by atoms with Crippen molar-refractivity contribution in [3.8, 4) is 0 Å². The number of esters is 1. The third-order valence-corrected chi connectivity index (χ3v) is 6.22. The molecule has 0 saturated heterocycles. The molecule has 0 radical (unpaired) electrons. The van der Waals surface area contributed by atoms with E-state index in [9.17, 15) is 18.0 Å². The van der Waals surface area contributed by atoms with E-state index in [0.29, 0.717) is 0 Å². The van der Waals surface area contributed by atoms with Crippen LogP contribution in [0.5, 0.6) is 0 Å². The van der Waals surface area contributed by atoms with Gasteiger partial charge in [-0.15, -0.1) is 0 Å². The highest BCUT2D eigenvalue weighted by molar-refractivity contribution is 7.89. The maximum atomic E-state index is 12.4. The van der Waals surface area contributed by atoms with Crippen LogP contribution in [0.4, 0.5) is 0 Å². The predicted molar refractivity (Wildman–Crippen MR) is 105 cm³/mol. The van der Waals surface area contributed by atoms with E-state index in [1.54, 1.807) is 12.1 Å². The standard InChI is InChI=1S/C20H24N2O5S/c1-14(20(24)22-17-8-4-5-9-17)27-19(23)13-21-28(25,26)18-11-10-15-6-2-3-7-16(15)12-18/h2-3,6-7,10-12,14,17,21H,4-5,8-9,13H2,1H3,(H,22,24)/t14-/m0/s1. The van der Waals surface area contributed by atoms with E-state index in [4.69, 9.17) is 4.74 Å². The van der Waals surface area contributed by atoms with Crippen molar-refractivity contribution < 1.29 is 22.7 Å². The Labute approximate surface area is 164 Å². The van der Waals surface area contributed by atoms with Gasteiger partial charge in [-0.3, -0.25) is 9.59 Å². The number of hydrogen-bond donors (Lipinski definition) is 2. The average Bonchev–Trinajstić information content (AvgIpc) is 3.19. The van der Waals surface area contributed by atoms with Crippen molar-refractivity contribution in [2.24, 2.45) is 0 Å². The molecule has 0 aromatic heterocycles. The molecule has 1 amide bonds. The van der Waals surface area contributed by atoms with Crippen molar-refractivity contribution >= 4 is 32.7 Å². The number of amides is 1. The van der Waals surface area contributed by atoms with Gasteiger partial charge < -0.3 is 10.1 Å². The summed E-state index contributed by atoms with van der Waals surface area (Å²) in [6.07, 6.45) is 3.04. The van der Waals surface area contributed by atoms with Crippen LogP contribution in [0.2, 0.25) is 0 Å². The van der Waals surface area contributed by atoms with E-state index in [0.717, 1.165) is 36.5 Å². The molecule has 2 N–H and O–H groups in total. The van der Waals surface area contributed by atoms with Crippen molar-refractivity contribution in [1.29, 1.82) is 0 Å². The first kappa shape index (κ1) is 20.3. The average molecular weight is 404 g/mol. The summed E-state index contributed by atoms with van der Waals surface area (Å²) in [5.74, 6) is -1.17. The number of benzene rings is 2. The number of carbonyl (C=O) groups excluding carboxylic acids is 2. The van der Waals surface area contributed by atoms with Gasteiger partial charge in [-0.05, 0) is 42.7 Å². The van der Waals surface area contributed by atoms with E-state index < -0.39 is 28.6 Å². The summed E-state index contributed by atoms with van der Waals surface area (Å²) < 4.78 is 32.1. The van der Waals surface area contributed by atoms with Gasteiger partial charge in [-0.25, -0.2) is 8.42 Å². The maximum absolute atomic E-state index is 12.4. The highest BCUT2D eigenvalue weighted by Crippen LogP contribution is 2.19. The molecule has 7 nitrogen and oxygen atoms in total. The second kappa shape index (κ2) is 8.70.